The summed E-state index contributed by atoms with van der Waals surface area (Å²) in [6.45, 7) is 8.34. The molecule has 2 N–H and O–H groups in total. The van der Waals surface area contributed by atoms with E-state index in [1.807, 2.05) is 18.2 Å². The second-order valence-electron chi connectivity index (χ2n) is 6.78. The topological polar surface area (TPSA) is 42.5 Å². The number of rotatable bonds is 10. The number of hydrogen-bond donors (Lipinski definition) is 2. The molecule has 1 fully saturated rings. The lowest BCUT2D eigenvalue weighted by Gasteiger charge is -2.27. The van der Waals surface area contributed by atoms with Gasteiger partial charge >= 0.3 is 0 Å². The van der Waals surface area contributed by atoms with E-state index >= 15 is 0 Å². The number of benzene rings is 2. The molecule has 3 rings (SSSR count). The summed E-state index contributed by atoms with van der Waals surface area (Å²) in [4.78, 5) is 0. The second-order valence-corrected chi connectivity index (χ2v) is 6.78. The maximum absolute atomic E-state index is 5.78. The van der Waals surface area contributed by atoms with Gasteiger partial charge < -0.3 is 20.1 Å². The van der Waals surface area contributed by atoms with E-state index in [0.717, 1.165) is 54.7 Å². The van der Waals surface area contributed by atoms with Crippen LogP contribution in [0.25, 0.3) is 12.2 Å². The first kappa shape index (κ1) is 19.2. The Morgan fingerprint density at radius 1 is 1.11 bits per heavy atom. The molecular formula is C23H28N2O2. The van der Waals surface area contributed by atoms with Crippen LogP contribution in [0.4, 0.5) is 0 Å². The number of nitrogens with one attached hydrogen (secondary N) is 2. The lowest BCUT2D eigenvalue weighted by atomic mass is 10.0. The fourth-order valence-corrected chi connectivity index (χ4v) is 2.97. The lowest BCUT2D eigenvalue weighted by Crippen LogP contribution is -2.47. The molecule has 0 aromatic heterocycles. The van der Waals surface area contributed by atoms with Crippen LogP contribution in [0, 0.1) is 5.92 Å². The van der Waals surface area contributed by atoms with E-state index in [4.69, 9.17) is 9.47 Å². The van der Waals surface area contributed by atoms with Crippen molar-refractivity contribution >= 4 is 12.2 Å². The van der Waals surface area contributed by atoms with Crippen molar-refractivity contribution < 1.29 is 9.47 Å². The SMILES string of the molecule is C=CCOc1cc(/C=C/c2cccc(OC)c2)cc(CNCC2CNC2)c1. The fourth-order valence-electron chi connectivity index (χ4n) is 2.97. The molecule has 4 nitrogen and oxygen atoms in total. The Labute approximate surface area is 161 Å². The van der Waals surface area contributed by atoms with Crippen LogP contribution in [0.1, 0.15) is 16.7 Å². The first-order valence-electron chi connectivity index (χ1n) is 9.38. The van der Waals surface area contributed by atoms with Gasteiger partial charge in [0.15, 0.2) is 0 Å². The van der Waals surface area contributed by atoms with Crippen LogP contribution in [0.5, 0.6) is 11.5 Å². The Morgan fingerprint density at radius 2 is 1.93 bits per heavy atom. The highest BCUT2D eigenvalue weighted by molar-refractivity contribution is 5.71. The van der Waals surface area contributed by atoms with Gasteiger partial charge in [0.05, 0.1) is 7.11 Å². The monoisotopic (exact) mass is 364 g/mol. The third-order valence-corrected chi connectivity index (χ3v) is 4.55. The highest BCUT2D eigenvalue weighted by atomic mass is 16.5. The summed E-state index contributed by atoms with van der Waals surface area (Å²) in [5, 5.41) is 6.85. The minimum Gasteiger partial charge on any atom is -0.497 e. The summed E-state index contributed by atoms with van der Waals surface area (Å²) in [5.74, 6) is 2.47. The third kappa shape index (κ3) is 5.98. The summed E-state index contributed by atoms with van der Waals surface area (Å²) in [7, 11) is 1.68. The van der Waals surface area contributed by atoms with Crippen molar-refractivity contribution in [3.63, 3.8) is 0 Å². The molecular weight excluding hydrogens is 336 g/mol. The quantitative estimate of drug-likeness (QED) is 0.498. The Hall–Kier alpha value is -2.56. The van der Waals surface area contributed by atoms with Gasteiger partial charge in [-0.25, -0.2) is 0 Å². The van der Waals surface area contributed by atoms with Crippen LogP contribution < -0.4 is 20.1 Å². The van der Waals surface area contributed by atoms with Gasteiger partial charge in [0, 0.05) is 26.2 Å². The van der Waals surface area contributed by atoms with Crippen LogP contribution in [-0.2, 0) is 6.54 Å². The van der Waals surface area contributed by atoms with Crippen molar-refractivity contribution in [3.05, 3.63) is 71.8 Å². The van der Waals surface area contributed by atoms with Crippen molar-refractivity contribution in [1.82, 2.24) is 10.6 Å². The van der Waals surface area contributed by atoms with Crippen molar-refractivity contribution in [2.45, 2.75) is 6.54 Å². The molecule has 1 aliphatic rings. The van der Waals surface area contributed by atoms with E-state index in [9.17, 15) is 0 Å². The van der Waals surface area contributed by atoms with E-state index < -0.39 is 0 Å². The third-order valence-electron chi connectivity index (χ3n) is 4.55. The summed E-state index contributed by atoms with van der Waals surface area (Å²) in [5.41, 5.74) is 3.43. The molecule has 1 aliphatic heterocycles. The maximum atomic E-state index is 5.78. The molecule has 27 heavy (non-hydrogen) atoms. The average molecular weight is 364 g/mol. The van der Waals surface area contributed by atoms with Gasteiger partial charge in [0.25, 0.3) is 0 Å². The molecule has 0 atom stereocenters. The van der Waals surface area contributed by atoms with Gasteiger partial charge in [-0.1, -0.05) is 43.0 Å². The first-order chi connectivity index (χ1) is 13.3. The van der Waals surface area contributed by atoms with Crippen LogP contribution in [-0.4, -0.2) is 33.4 Å². The zero-order chi connectivity index (χ0) is 18.9. The van der Waals surface area contributed by atoms with E-state index in [0.29, 0.717) is 6.61 Å². The normalized spacial score (nSPS) is 14.1. The van der Waals surface area contributed by atoms with Crippen molar-refractivity contribution in [2.75, 3.05) is 33.4 Å². The summed E-state index contributed by atoms with van der Waals surface area (Å²) < 4.78 is 11.1. The van der Waals surface area contributed by atoms with Gasteiger partial charge in [0.2, 0.25) is 0 Å². The second kappa shape index (κ2) is 9.95. The van der Waals surface area contributed by atoms with Crippen LogP contribution >= 0.6 is 0 Å². The molecule has 0 amide bonds. The fraction of sp³-hybridized carbons (Fsp3) is 0.304. The van der Waals surface area contributed by atoms with E-state index in [-0.39, 0.29) is 0 Å². The molecule has 4 heteroatoms. The smallest absolute Gasteiger partial charge is 0.120 e. The molecule has 142 valence electrons. The van der Waals surface area contributed by atoms with Gasteiger partial charge in [0.1, 0.15) is 18.1 Å². The van der Waals surface area contributed by atoms with Gasteiger partial charge in [-0.3, -0.25) is 0 Å². The Bertz CT molecular complexity index is 782. The number of ether oxygens (including phenoxy) is 2. The van der Waals surface area contributed by atoms with E-state index in [1.54, 1.807) is 13.2 Å². The largest absolute Gasteiger partial charge is 0.497 e. The summed E-state index contributed by atoms with van der Waals surface area (Å²) in [6.07, 6.45) is 5.96. The molecule has 0 spiro atoms. The van der Waals surface area contributed by atoms with Crippen molar-refractivity contribution in [3.8, 4) is 11.5 Å². The van der Waals surface area contributed by atoms with Crippen LogP contribution in [0.15, 0.2) is 55.1 Å². The van der Waals surface area contributed by atoms with E-state index in [1.165, 1.54) is 5.56 Å². The molecule has 1 saturated heterocycles. The van der Waals surface area contributed by atoms with Crippen LogP contribution in [0.2, 0.25) is 0 Å². The molecule has 0 radical (unpaired) electrons. The molecule has 0 bridgehead atoms. The summed E-state index contributed by atoms with van der Waals surface area (Å²) in [6, 6.07) is 14.4. The summed E-state index contributed by atoms with van der Waals surface area (Å²) >= 11 is 0. The maximum Gasteiger partial charge on any atom is 0.120 e. The molecule has 0 unspecified atom stereocenters. The Balaban J connectivity index is 1.71. The van der Waals surface area contributed by atoms with Crippen LogP contribution in [0.3, 0.4) is 0 Å². The van der Waals surface area contributed by atoms with Crippen molar-refractivity contribution in [2.24, 2.45) is 5.92 Å². The minimum atomic E-state index is 0.504. The molecule has 2 aromatic carbocycles. The lowest BCUT2D eigenvalue weighted by molar-refractivity contribution is 0.331. The Kier molecular flexibility index (Phi) is 7.08. The van der Waals surface area contributed by atoms with E-state index in [2.05, 4.69) is 53.6 Å². The molecule has 1 heterocycles. The number of methoxy groups -OCH3 is 1. The predicted molar refractivity (Wildman–Crippen MR) is 112 cm³/mol. The zero-order valence-electron chi connectivity index (χ0n) is 15.9. The highest BCUT2D eigenvalue weighted by Crippen LogP contribution is 2.21. The Morgan fingerprint density at radius 3 is 2.67 bits per heavy atom. The first-order valence-corrected chi connectivity index (χ1v) is 9.38. The van der Waals surface area contributed by atoms with Gasteiger partial charge in [-0.2, -0.15) is 0 Å². The predicted octanol–water partition coefficient (Wildman–Crippen LogP) is 3.74. The van der Waals surface area contributed by atoms with Gasteiger partial charge in [-0.15, -0.1) is 0 Å². The standard InChI is InChI=1S/C23H28N2O2/c1-3-9-27-23-12-19(8-7-18-5-4-6-22(11-18)26-2)10-20(13-23)14-24-15-21-16-25-17-21/h3-8,10-13,21,24-25H,1,9,14-17H2,2H3/b8-7+. The molecule has 2 aromatic rings. The zero-order valence-corrected chi connectivity index (χ0v) is 15.9. The number of hydrogen-bond acceptors (Lipinski definition) is 4. The minimum absolute atomic E-state index is 0.504. The highest BCUT2D eigenvalue weighted by Gasteiger charge is 2.15. The van der Waals surface area contributed by atoms with Crippen molar-refractivity contribution in [1.29, 1.82) is 0 Å². The van der Waals surface area contributed by atoms with Gasteiger partial charge in [-0.05, 0) is 46.9 Å². The average Bonchev–Trinajstić information content (AvgIpc) is 2.67. The molecule has 0 saturated carbocycles. The molecule has 0 aliphatic carbocycles.